The van der Waals surface area contributed by atoms with Gasteiger partial charge in [-0.1, -0.05) is 12.1 Å². The summed E-state index contributed by atoms with van der Waals surface area (Å²) in [6, 6.07) is 11.6. The molecule has 3 aromatic rings. The van der Waals surface area contributed by atoms with E-state index < -0.39 is 6.43 Å². The van der Waals surface area contributed by atoms with E-state index in [0.29, 0.717) is 12.8 Å². The minimum atomic E-state index is -2.36. The van der Waals surface area contributed by atoms with E-state index >= 15 is 0 Å². The van der Waals surface area contributed by atoms with Crippen molar-refractivity contribution in [3.63, 3.8) is 0 Å². The van der Waals surface area contributed by atoms with E-state index in [1.807, 2.05) is 36.4 Å². The molecule has 5 nitrogen and oxygen atoms in total. The van der Waals surface area contributed by atoms with Crippen molar-refractivity contribution >= 4 is 16.6 Å². The molecule has 2 heterocycles. The quantitative estimate of drug-likeness (QED) is 0.678. The van der Waals surface area contributed by atoms with Crippen LogP contribution in [0.15, 0.2) is 48.8 Å². The van der Waals surface area contributed by atoms with Crippen LogP contribution in [0, 0.1) is 5.92 Å². The summed E-state index contributed by atoms with van der Waals surface area (Å²) in [7, 11) is 0. The zero-order valence-corrected chi connectivity index (χ0v) is 15.2. The summed E-state index contributed by atoms with van der Waals surface area (Å²) < 4.78 is 24.4. The van der Waals surface area contributed by atoms with E-state index in [4.69, 9.17) is 0 Å². The zero-order chi connectivity index (χ0) is 19.5. The third-order valence-corrected chi connectivity index (χ3v) is 5.16. The molecule has 144 valence electrons. The SMILES string of the molecule is O=C(Cc1cc2cc(-c3cccnn3)ccc2cn1)C1CC(NCC(F)F)C1. The molecule has 0 spiro atoms. The van der Waals surface area contributed by atoms with E-state index in [0.717, 1.165) is 27.7 Å². The number of nitrogens with zero attached hydrogens (tertiary/aromatic N) is 3. The number of carbonyl (C=O) groups is 1. The lowest BCUT2D eigenvalue weighted by Crippen LogP contribution is -2.46. The first-order chi connectivity index (χ1) is 13.6. The van der Waals surface area contributed by atoms with Crippen LogP contribution in [0.3, 0.4) is 0 Å². The molecule has 1 aliphatic rings. The number of carbonyl (C=O) groups excluding carboxylic acids is 1. The van der Waals surface area contributed by atoms with Crippen LogP contribution >= 0.6 is 0 Å². The molecule has 4 rings (SSSR count). The number of rotatable bonds is 7. The highest BCUT2D eigenvalue weighted by atomic mass is 19.3. The van der Waals surface area contributed by atoms with Crippen molar-refractivity contribution in [2.24, 2.45) is 5.92 Å². The lowest BCUT2D eigenvalue weighted by Gasteiger charge is -2.34. The molecule has 0 aliphatic heterocycles. The average molecular weight is 382 g/mol. The van der Waals surface area contributed by atoms with Crippen molar-refractivity contribution in [3.05, 3.63) is 54.5 Å². The van der Waals surface area contributed by atoms with Crippen LogP contribution in [0.2, 0.25) is 0 Å². The second-order valence-corrected chi connectivity index (χ2v) is 7.15. The second-order valence-electron chi connectivity index (χ2n) is 7.15. The number of ketones is 1. The zero-order valence-electron chi connectivity index (χ0n) is 15.2. The molecule has 0 radical (unpaired) electrons. The summed E-state index contributed by atoms with van der Waals surface area (Å²) in [6.07, 6.45) is 2.55. The first-order valence-electron chi connectivity index (χ1n) is 9.29. The maximum atomic E-state index is 12.5. The van der Waals surface area contributed by atoms with Gasteiger partial charge in [-0.3, -0.25) is 9.78 Å². The van der Waals surface area contributed by atoms with Gasteiger partial charge in [-0.25, -0.2) is 8.78 Å². The minimum absolute atomic E-state index is 0.0158. The molecule has 7 heteroatoms. The molecule has 0 amide bonds. The van der Waals surface area contributed by atoms with Gasteiger partial charge in [0, 0.05) is 47.4 Å². The van der Waals surface area contributed by atoms with Gasteiger partial charge in [-0.05, 0) is 42.5 Å². The van der Waals surface area contributed by atoms with E-state index in [-0.39, 0.29) is 30.7 Å². The first kappa shape index (κ1) is 18.6. The molecule has 0 unspecified atom stereocenters. The van der Waals surface area contributed by atoms with Gasteiger partial charge in [0.1, 0.15) is 5.78 Å². The predicted octanol–water partition coefficient (Wildman–Crippen LogP) is 3.44. The third-order valence-electron chi connectivity index (χ3n) is 5.16. The molecule has 1 fully saturated rings. The number of halogens is 2. The molecule has 0 atom stereocenters. The van der Waals surface area contributed by atoms with Crippen LogP contribution < -0.4 is 5.32 Å². The van der Waals surface area contributed by atoms with E-state index in [1.165, 1.54) is 0 Å². The van der Waals surface area contributed by atoms with Crippen LogP contribution in [0.25, 0.3) is 22.0 Å². The lowest BCUT2D eigenvalue weighted by molar-refractivity contribution is -0.125. The Morgan fingerprint density at radius 3 is 2.79 bits per heavy atom. The van der Waals surface area contributed by atoms with Crippen LogP contribution in [0.1, 0.15) is 18.5 Å². The first-order valence-corrected chi connectivity index (χ1v) is 9.29. The maximum absolute atomic E-state index is 12.5. The fraction of sp³-hybridized carbons (Fsp3) is 0.333. The Hall–Kier alpha value is -2.80. The minimum Gasteiger partial charge on any atom is -0.309 e. The number of fused-ring (bicyclic) bond motifs is 1. The normalized spacial score (nSPS) is 19.0. The number of pyridine rings is 1. The van der Waals surface area contributed by atoms with Crippen molar-refractivity contribution in [1.29, 1.82) is 0 Å². The van der Waals surface area contributed by atoms with Crippen molar-refractivity contribution in [3.8, 4) is 11.3 Å². The standard InChI is InChI=1S/C21H20F2N4O/c22-21(23)12-25-17-8-16(9-17)20(28)10-18-7-15-6-13(3-4-14(15)11-24-18)19-2-1-5-26-27-19/h1-7,11,16-17,21,25H,8-10,12H2. The molecule has 1 aliphatic carbocycles. The Labute approximate surface area is 161 Å². The van der Waals surface area contributed by atoms with Gasteiger partial charge in [0.15, 0.2) is 0 Å². The maximum Gasteiger partial charge on any atom is 0.250 e. The molecular formula is C21H20F2N4O. The van der Waals surface area contributed by atoms with Gasteiger partial charge in [0.05, 0.1) is 12.2 Å². The number of alkyl halides is 2. The van der Waals surface area contributed by atoms with Gasteiger partial charge >= 0.3 is 0 Å². The van der Waals surface area contributed by atoms with Gasteiger partial charge in [-0.15, -0.1) is 0 Å². The van der Waals surface area contributed by atoms with E-state index in [1.54, 1.807) is 12.4 Å². The number of nitrogens with one attached hydrogen (secondary N) is 1. The summed E-state index contributed by atoms with van der Waals surface area (Å²) in [5.74, 6) is 0.0469. The summed E-state index contributed by atoms with van der Waals surface area (Å²) in [4.78, 5) is 16.9. The largest absolute Gasteiger partial charge is 0.309 e. The second kappa shape index (κ2) is 8.06. The van der Waals surface area contributed by atoms with Crippen LogP contribution in [-0.4, -0.2) is 40.0 Å². The number of Topliss-reactive ketones (excluding diaryl/α,β-unsaturated/α-hetero) is 1. The third kappa shape index (κ3) is 4.20. The molecule has 1 N–H and O–H groups in total. The monoisotopic (exact) mass is 382 g/mol. The van der Waals surface area contributed by atoms with Crippen LogP contribution in [0.4, 0.5) is 8.78 Å². The Morgan fingerprint density at radius 2 is 2.04 bits per heavy atom. The lowest BCUT2D eigenvalue weighted by atomic mass is 9.76. The van der Waals surface area contributed by atoms with Crippen molar-refractivity contribution in [2.45, 2.75) is 31.7 Å². The Kier molecular flexibility index (Phi) is 5.34. The highest BCUT2D eigenvalue weighted by molar-refractivity contribution is 5.88. The van der Waals surface area contributed by atoms with Crippen LogP contribution in [-0.2, 0) is 11.2 Å². The number of hydrogen-bond donors (Lipinski definition) is 1. The molecule has 0 saturated heterocycles. The fourth-order valence-electron chi connectivity index (χ4n) is 3.52. The Balaban J connectivity index is 1.42. The molecule has 1 saturated carbocycles. The van der Waals surface area contributed by atoms with Crippen molar-refractivity contribution in [1.82, 2.24) is 20.5 Å². The van der Waals surface area contributed by atoms with Gasteiger partial charge in [-0.2, -0.15) is 10.2 Å². The topological polar surface area (TPSA) is 67.8 Å². The summed E-state index contributed by atoms with van der Waals surface area (Å²) >= 11 is 0. The highest BCUT2D eigenvalue weighted by Gasteiger charge is 2.34. The van der Waals surface area contributed by atoms with Crippen molar-refractivity contribution in [2.75, 3.05) is 6.54 Å². The molecule has 0 bridgehead atoms. The van der Waals surface area contributed by atoms with E-state index in [9.17, 15) is 13.6 Å². The molecule has 28 heavy (non-hydrogen) atoms. The Morgan fingerprint density at radius 1 is 1.18 bits per heavy atom. The van der Waals surface area contributed by atoms with Crippen LogP contribution in [0.5, 0.6) is 0 Å². The van der Waals surface area contributed by atoms with Gasteiger partial charge in [0.2, 0.25) is 0 Å². The van der Waals surface area contributed by atoms with Gasteiger partial charge in [0.25, 0.3) is 6.43 Å². The predicted molar refractivity (Wildman–Crippen MR) is 102 cm³/mol. The highest BCUT2D eigenvalue weighted by Crippen LogP contribution is 2.30. The summed E-state index contributed by atoms with van der Waals surface area (Å²) in [5.41, 5.74) is 2.46. The van der Waals surface area contributed by atoms with E-state index in [2.05, 4.69) is 20.5 Å². The van der Waals surface area contributed by atoms with Gasteiger partial charge < -0.3 is 5.32 Å². The average Bonchev–Trinajstić information content (AvgIpc) is 2.66. The fourth-order valence-corrected chi connectivity index (χ4v) is 3.52. The number of aromatic nitrogens is 3. The Bertz CT molecular complexity index is 975. The smallest absolute Gasteiger partial charge is 0.250 e. The molecular weight excluding hydrogens is 362 g/mol. The number of hydrogen-bond acceptors (Lipinski definition) is 5. The van der Waals surface area contributed by atoms with Crippen molar-refractivity contribution < 1.29 is 13.6 Å². The molecule has 1 aromatic carbocycles. The summed E-state index contributed by atoms with van der Waals surface area (Å²) in [6.45, 7) is -0.314. The molecule has 2 aromatic heterocycles. The number of benzene rings is 1. The summed E-state index contributed by atoms with van der Waals surface area (Å²) in [5, 5.41) is 12.8.